The smallest absolute Gasteiger partial charge is 0.248 e. The molecule has 1 amide bonds. The van der Waals surface area contributed by atoms with E-state index in [-0.39, 0.29) is 5.91 Å². The van der Waals surface area contributed by atoms with Crippen molar-refractivity contribution in [3.05, 3.63) is 29.8 Å². The van der Waals surface area contributed by atoms with Crippen molar-refractivity contribution >= 4 is 11.6 Å². The second kappa shape index (κ2) is 5.39. The minimum atomic E-state index is -0.387. The lowest BCUT2D eigenvalue weighted by Crippen LogP contribution is -2.11. The summed E-state index contributed by atoms with van der Waals surface area (Å²) >= 11 is 0. The SMILES string of the molecule is CC(C)CCNc1cccc(C(N)=O)c1. The van der Waals surface area contributed by atoms with Crippen LogP contribution in [0.3, 0.4) is 0 Å². The van der Waals surface area contributed by atoms with Gasteiger partial charge >= 0.3 is 0 Å². The molecule has 3 heteroatoms. The Morgan fingerprint density at radius 1 is 1.47 bits per heavy atom. The molecule has 0 bridgehead atoms. The summed E-state index contributed by atoms with van der Waals surface area (Å²) in [5.41, 5.74) is 6.69. The van der Waals surface area contributed by atoms with Crippen molar-refractivity contribution in [1.82, 2.24) is 0 Å². The topological polar surface area (TPSA) is 55.1 Å². The third-order valence-corrected chi connectivity index (χ3v) is 2.20. The molecule has 1 rings (SSSR count). The molecule has 1 aromatic rings. The van der Waals surface area contributed by atoms with Gasteiger partial charge < -0.3 is 11.1 Å². The Bertz CT molecular complexity index is 334. The van der Waals surface area contributed by atoms with E-state index in [2.05, 4.69) is 19.2 Å². The van der Waals surface area contributed by atoms with Gasteiger partial charge in [-0.25, -0.2) is 0 Å². The van der Waals surface area contributed by atoms with E-state index in [1.54, 1.807) is 12.1 Å². The van der Waals surface area contributed by atoms with Crippen LogP contribution in [0.5, 0.6) is 0 Å². The first-order valence-electron chi connectivity index (χ1n) is 5.23. The Hall–Kier alpha value is -1.51. The fourth-order valence-electron chi connectivity index (χ4n) is 1.29. The minimum Gasteiger partial charge on any atom is -0.385 e. The van der Waals surface area contributed by atoms with E-state index >= 15 is 0 Å². The highest BCUT2D eigenvalue weighted by molar-refractivity contribution is 5.93. The molecule has 0 spiro atoms. The number of nitrogens with one attached hydrogen (secondary N) is 1. The molecule has 0 aliphatic rings. The van der Waals surface area contributed by atoms with E-state index in [4.69, 9.17) is 5.73 Å². The number of hydrogen-bond acceptors (Lipinski definition) is 2. The van der Waals surface area contributed by atoms with Crippen LogP contribution < -0.4 is 11.1 Å². The number of benzene rings is 1. The fraction of sp³-hybridized carbons (Fsp3) is 0.417. The Morgan fingerprint density at radius 3 is 2.80 bits per heavy atom. The van der Waals surface area contributed by atoms with Crippen LogP contribution in [0, 0.1) is 5.92 Å². The molecule has 0 saturated carbocycles. The van der Waals surface area contributed by atoms with Crippen LogP contribution in [0.25, 0.3) is 0 Å². The van der Waals surface area contributed by atoms with Gasteiger partial charge in [-0.3, -0.25) is 4.79 Å². The number of carbonyl (C=O) groups is 1. The third-order valence-electron chi connectivity index (χ3n) is 2.20. The summed E-state index contributed by atoms with van der Waals surface area (Å²) in [6.07, 6.45) is 1.11. The minimum absolute atomic E-state index is 0.387. The molecule has 0 aliphatic carbocycles. The highest BCUT2D eigenvalue weighted by Gasteiger charge is 2.00. The van der Waals surface area contributed by atoms with Crippen molar-refractivity contribution in [2.75, 3.05) is 11.9 Å². The van der Waals surface area contributed by atoms with Crippen LogP contribution in [0.4, 0.5) is 5.69 Å². The number of rotatable bonds is 5. The summed E-state index contributed by atoms with van der Waals surface area (Å²) in [7, 11) is 0. The predicted molar refractivity (Wildman–Crippen MR) is 62.9 cm³/mol. The van der Waals surface area contributed by atoms with E-state index < -0.39 is 0 Å². The van der Waals surface area contributed by atoms with Crippen LogP contribution in [-0.2, 0) is 0 Å². The first-order valence-corrected chi connectivity index (χ1v) is 5.23. The van der Waals surface area contributed by atoms with Gasteiger partial charge in [0.05, 0.1) is 0 Å². The lowest BCUT2D eigenvalue weighted by molar-refractivity contribution is 0.100. The van der Waals surface area contributed by atoms with Gasteiger partial charge in [0.2, 0.25) is 5.91 Å². The Balaban J connectivity index is 2.54. The summed E-state index contributed by atoms with van der Waals surface area (Å²) in [4.78, 5) is 10.9. The van der Waals surface area contributed by atoms with Gasteiger partial charge in [0, 0.05) is 17.8 Å². The molecule has 0 aliphatic heterocycles. The average Bonchev–Trinajstić information content (AvgIpc) is 2.17. The zero-order valence-electron chi connectivity index (χ0n) is 9.29. The molecule has 1 aromatic carbocycles. The predicted octanol–water partition coefficient (Wildman–Crippen LogP) is 2.24. The van der Waals surface area contributed by atoms with Crippen molar-refractivity contribution in [2.24, 2.45) is 11.7 Å². The van der Waals surface area contributed by atoms with Crippen molar-refractivity contribution in [1.29, 1.82) is 0 Å². The molecule has 3 N–H and O–H groups in total. The van der Waals surface area contributed by atoms with Gasteiger partial charge in [-0.2, -0.15) is 0 Å². The first kappa shape index (κ1) is 11.6. The second-order valence-corrected chi connectivity index (χ2v) is 4.05. The van der Waals surface area contributed by atoms with Crippen molar-refractivity contribution < 1.29 is 4.79 Å². The Labute approximate surface area is 90.7 Å². The van der Waals surface area contributed by atoms with E-state index in [1.165, 1.54) is 0 Å². The molecule has 82 valence electrons. The van der Waals surface area contributed by atoms with E-state index in [9.17, 15) is 4.79 Å². The quantitative estimate of drug-likeness (QED) is 0.776. The van der Waals surface area contributed by atoms with Crippen LogP contribution in [-0.4, -0.2) is 12.5 Å². The van der Waals surface area contributed by atoms with Gasteiger partial charge in [-0.05, 0) is 30.5 Å². The monoisotopic (exact) mass is 206 g/mol. The highest BCUT2D eigenvalue weighted by Crippen LogP contribution is 2.10. The highest BCUT2D eigenvalue weighted by atomic mass is 16.1. The molecule has 0 atom stereocenters. The number of anilines is 1. The van der Waals surface area contributed by atoms with E-state index in [0.29, 0.717) is 11.5 Å². The lowest BCUT2D eigenvalue weighted by Gasteiger charge is -2.08. The summed E-state index contributed by atoms with van der Waals surface area (Å²) in [6, 6.07) is 7.27. The molecule has 15 heavy (non-hydrogen) atoms. The third kappa shape index (κ3) is 4.02. The van der Waals surface area contributed by atoms with Gasteiger partial charge in [0.15, 0.2) is 0 Å². The summed E-state index contributed by atoms with van der Waals surface area (Å²) < 4.78 is 0. The number of carbonyl (C=O) groups excluding carboxylic acids is 1. The van der Waals surface area contributed by atoms with E-state index in [0.717, 1.165) is 18.7 Å². The summed E-state index contributed by atoms with van der Waals surface area (Å²) in [5, 5.41) is 3.26. The summed E-state index contributed by atoms with van der Waals surface area (Å²) in [6.45, 7) is 5.28. The van der Waals surface area contributed by atoms with Crippen LogP contribution in [0.1, 0.15) is 30.6 Å². The molecule has 0 heterocycles. The maximum Gasteiger partial charge on any atom is 0.248 e. The molecule has 3 nitrogen and oxygen atoms in total. The Kier molecular flexibility index (Phi) is 4.16. The van der Waals surface area contributed by atoms with Gasteiger partial charge in [0.1, 0.15) is 0 Å². The maximum atomic E-state index is 10.9. The first-order chi connectivity index (χ1) is 7.09. The van der Waals surface area contributed by atoms with Crippen molar-refractivity contribution in [2.45, 2.75) is 20.3 Å². The number of hydrogen-bond donors (Lipinski definition) is 2. The molecular weight excluding hydrogens is 188 g/mol. The largest absolute Gasteiger partial charge is 0.385 e. The van der Waals surface area contributed by atoms with Gasteiger partial charge in [0.25, 0.3) is 0 Å². The van der Waals surface area contributed by atoms with Crippen LogP contribution in [0.2, 0.25) is 0 Å². The fourth-order valence-corrected chi connectivity index (χ4v) is 1.29. The zero-order valence-corrected chi connectivity index (χ0v) is 9.29. The lowest BCUT2D eigenvalue weighted by atomic mass is 10.1. The van der Waals surface area contributed by atoms with Crippen LogP contribution in [0.15, 0.2) is 24.3 Å². The molecule has 0 fully saturated rings. The van der Waals surface area contributed by atoms with E-state index in [1.807, 2.05) is 12.1 Å². The summed E-state index contributed by atoms with van der Waals surface area (Å²) in [5.74, 6) is 0.291. The second-order valence-electron chi connectivity index (χ2n) is 4.05. The van der Waals surface area contributed by atoms with Crippen molar-refractivity contribution in [3.8, 4) is 0 Å². The molecule has 0 radical (unpaired) electrons. The van der Waals surface area contributed by atoms with Gasteiger partial charge in [-0.1, -0.05) is 19.9 Å². The molecule has 0 unspecified atom stereocenters. The molecular formula is C12H18N2O. The van der Waals surface area contributed by atoms with Crippen molar-refractivity contribution in [3.63, 3.8) is 0 Å². The average molecular weight is 206 g/mol. The normalized spacial score (nSPS) is 10.3. The standard InChI is InChI=1S/C12H18N2O/c1-9(2)6-7-14-11-5-3-4-10(8-11)12(13)15/h3-5,8-9,14H,6-7H2,1-2H3,(H2,13,15). The maximum absolute atomic E-state index is 10.9. The zero-order chi connectivity index (χ0) is 11.3. The molecule has 0 aromatic heterocycles. The van der Waals surface area contributed by atoms with Gasteiger partial charge in [-0.15, -0.1) is 0 Å². The Morgan fingerprint density at radius 2 is 2.20 bits per heavy atom. The number of primary amides is 1. The number of amides is 1. The molecule has 0 saturated heterocycles. The number of nitrogens with two attached hydrogens (primary N) is 1. The van der Waals surface area contributed by atoms with Crippen LogP contribution >= 0.6 is 0 Å².